The Labute approximate surface area is 298 Å². The van der Waals surface area contributed by atoms with Gasteiger partial charge in [-0.2, -0.15) is 0 Å². The quantitative estimate of drug-likeness (QED) is 0.0864. The summed E-state index contributed by atoms with van der Waals surface area (Å²) in [4.78, 5) is 52.7. The van der Waals surface area contributed by atoms with Gasteiger partial charge in [0.15, 0.2) is 17.9 Å². The predicted molar refractivity (Wildman–Crippen MR) is 156 cm³/mol. The molecule has 1 heterocycles. The van der Waals surface area contributed by atoms with Gasteiger partial charge in [-0.05, 0) is 32.9 Å². The van der Waals surface area contributed by atoms with Crippen LogP contribution in [0.15, 0.2) is 18.2 Å². The number of ether oxygens (including phenoxy) is 3. The van der Waals surface area contributed by atoms with E-state index in [0.29, 0.717) is 0 Å². The molecule has 5 rings (SSSR count). The van der Waals surface area contributed by atoms with Crippen molar-refractivity contribution in [2.24, 2.45) is 11.5 Å². The third-order valence-electron chi connectivity index (χ3n) is 8.90. The van der Waals surface area contributed by atoms with Crippen LogP contribution in [0.1, 0.15) is 82.2 Å². The number of carbonyl (C=O) groups is 4. The second-order valence-corrected chi connectivity index (χ2v) is 11.8. The number of halogens is 1. The van der Waals surface area contributed by atoms with Crippen molar-refractivity contribution >= 4 is 23.3 Å². The summed E-state index contributed by atoms with van der Waals surface area (Å²) in [5.41, 5.74) is 7.96. The molecule has 2 aromatic rings. The van der Waals surface area contributed by atoms with Crippen molar-refractivity contribution in [3.63, 3.8) is 0 Å². The van der Waals surface area contributed by atoms with Crippen molar-refractivity contribution in [3.8, 4) is 17.2 Å². The smallest absolute Gasteiger partial charge is 1.00 e. The van der Waals surface area contributed by atoms with Gasteiger partial charge in [0.05, 0.1) is 48.1 Å². The monoisotopic (exact) mass is 685 g/mol. The molecule has 250 valence electrons. The van der Waals surface area contributed by atoms with Crippen LogP contribution in [-0.2, 0) is 25.5 Å². The van der Waals surface area contributed by atoms with E-state index >= 15 is 0 Å². The molecule has 47 heavy (non-hydrogen) atoms. The summed E-state index contributed by atoms with van der Waals surface area (Å²) < 4.78 is 17.3. The molecule has 7 atom stereocenters. The summed E-state index contributed by atoms with van der Waals surface area (Å²) in [6, 6.07) is 2.59. The Balaban J connectivity index is 0.00000300. The number of rotatable bonds is 8. The van der Waals surface area contributed by atoms with Gasteiger partial charge < -0.3 is 63.8 Å². The molecule has 1 amide bonds. The summed E-state index contributed by atoms with van der Waals surface area (Å²) in [5.74, 6) is -3.99. The Morgan fingerprint density at radius 3 is 2.43 bits per heavy atom. The molecule has 3 aliphatic rings. The molecule has 1 aliphatic heterocycles. The molecule has 14 nitrogen and oxygen atoms in total. The first kappa shape index (κ1) is 38.8. The number of hydrogen-bond acceptors (Lipinski definition) is 13. The van der Waals surface area contributed by atoms with Crippen molar-refractivity contribution in [2.45, 2.75) is 81.8 Å². The Morgan fingerprint density at radius 1 is 1.15 bits per heavy atom. The minimum Gasteiger partial charge on any atom is -1.00 e. The number of benzene rings is 2. The average Bonchev–Trinajstić information content (AvgIpc) is 2.99. The summed E-state index contributed by atoms with van der Waals surface area (Å²) in [7, 11) is 1.32. The number of nitrogens with two attached hydrogens (primary N) is 2. The molecule has 0 spiro atoms. The van der Waals surface area contributed by atoms with Crippen molar-refractivity contribution in [2.75, 3.05) is 13.7 Å². The van der Waals surface area contributed by atoms with Gasteiger partial charge in [0.1, 0.15) is 29.0 Å². The van der Waals surface area contributed by atoms with Gasteiger partial charge in [0, 0.05) is 36.0 Å². The van der Waals surface area contributed by atoms with Gasteiger partial charge in [-0.25, -0.2) is 0 Å². The number of ketones is 3. The fourth-order valence-corrected chi connectivity index (χ4v) is 6.37. The molecular formula is C31H37ClN3NaO11. The number of amides is 1. The SMILES string of the molecule is COc1cccc2c1C(=O)c1c(O)c3c(c(O)c1C2=O)CC(O)(C(C)=O)CC3OC1CC(NC(=O)C(N)CCN)C(O)C(C)O1.[Cl-].[Na+]. The summed E-state index contributed by atoms with van der Waals surface area (Å²) in [6.07, 6.45) is -5.28. The van der Waals surface area contributed by atoms with Crippen LogP contribution in [0.5, 0.6) is 17.2 Å². The minimum atomic E-state index is -2.08. The van der Waals surface area contributed by atoms with Gasteiger partial charge >= 0.3 is 29.6 Å². The molecular weight excluding hydrogens is 649 g/mol. The third kappa shape index (κ3) is 6.81. The van der Waals surface area contributed by atoms with Crippen LogP contribution in [-0.4, -0.2) is 93.5 Å². The molecule has 1 saturated heterocycles. The van der Waals surface area contributed by atoms with Crippen molar-refractivity contribution < 1.29 is 95.8 Å². The number of methoxy groups -OCH3 is 1. The molecule has 0 bridgehead atoms. The molecule has 0 radical (unpaired) electrons. The van der Waals surface area contributed by atoms with Gasteiger partial charge in [0.2, 0.25) is 11.7 Å². The van der Waals surface area contributed by atoms with Gasteiger partial charge in [-0.1, -0.05) is 12.1 Å². The van der Waals surface area contributed by atoms with Crippen LogP contribution in [0.4, 0.5) is 0 Å². The third-order valence-corrected chi connectivity index (χ3v) is 8.90. The molecule has 9 N–H and O–H groups in total. The zero-order chi connectivity index (χ0) is 33.0. The number of aliphatic hydroxyl groups excluding tert-OH is 1. The second kappa shape index (κ2) is 14.9. The first-order valence-corrected chi connectivity index (χ1v) is 14.6. The first-order chi connectivity index (χ1) is 21.2. The fourth-order valence-electron chi connectivity index (χ4n) is 6.37. The molecule has 1 fully saturated rings. The van der Waals surface area contributed by atoms with E-state index in [1.54, 1.807) is 6.92 Å². The van der Waals surface area contributed by atoms with Crippen LogP contribution in [0.2, 0.25) is 0 Å². The van der Waals surface area contributed by atoms with Crippen molar-refractivity contribution in [3.05, 3.63) is 51.6 Å². The van der Waals surface area contributed by atoms with E-state index in [-0.39, 0.29) is 89.4 Å². The number of hydrogen-bond donors (Lipinski definition) is 7. The largest absolute Gasteiger partial charge is 1.00 e. The zero-order valence-corrected chi connectivity index (χ0v) is 29.2. The van der Waals surface area contributed by atoms with E-state index in [0.717, 1.165) is 6.92 Å². The number of aromatic hydroxyl groups is 2. The maximum atomic E-state index is 13.8. The van der Waals surface area contributed by atoms with Crippen LogP contribution < -0.4 is 63.5 Å². The number of Topliss-reactive ketones (excluding diaryl/α,β-unsaturated/α-hetero) is 1. The van der Waals surface area contributed by atoms with Gasteiger partial charge in [-0.15, -0.1) is 0 Å². The molecule has 2 aliphatic carbocycles. The van der Waals surface area contributed by atoms with Crippen molar-refractivity contribution in [1.29, 1.82) is 0 Å². The van der Waals surface area contributed by atoms with E-state index in [1.165, 1.54) is 25.3 Å². The van der Waals surface area contributed by atoms with Crippen LogP contribution >= 0.6 is 0 Å². The molecule has 2 aromatic carbocycles. The van der Waals surface area contributed by atoms with E-state index in [1.807, 2.05) is 0 Å². The molecule has 16 heteroatoms. The standard InChI is InChI=1S/C31H37N3O11.ClH.Na/c1-12-25(36)17(34-30(41)16(33)7-8-32)9-20(44-12)45-19-11-31(42,13(2)35)10-15-22(19)29(40)24-23(27(15)38)26(37)14-5-4-6-18(43-3)21(14)28(24)39;;/h4-6,12,16-17,19-20,25,36,38,40,42H,7-11,32-33H2,1-3H3,(H,34,41);1H;/q;;+1/p-1. The first-order valence-electron chi connectivity index (χ1n) is 14.6. The summed E-state index contributed by atoms with van der Waals surface area (Å²) in [5, 5.41) is 47.9. The van der Waals surface area contributed by atoms with Crippen molar-refractivity contribution in [1.82, 2.24) is 5.32 Å². The van der Waals surface area contributed by atoms with E-state index < -0.39 is 101 Å². The Bertz CT molecular complexity index is 1590. The summed E-state index contributed by atoms with van der Waals surface area (Å²) >= 11 is 0. The Morgan fingerprint density at radius 2 is 1.81 bits per heavy atom. The van der Waals surface area contributed by atoms with Crippen LogP contribution in [0, 0.1) is 0 Å². The number of fused-ring (bicyclic) bond motifs is 3. The van der Waals surface area contributed by atoms with Crippen LogP contribution in [0.25, 0.3) is 0 Å². The Hall–Kier alpha value is -2.63. The molecule has 0 aromatic heterocycles. The Kier molecular flexibility index (Phi) is 12.3. The van der Waals surface area contributed by atoms with E-state index in [2.05, 4.69) is 5.32 Å². The van der Waals surface area contributed by atoms with Gasteiger partial charge in [0.25, 0.3) is 0 Å². The topological polar surface area (TPSA) is 241 Å². The average molecular weight is 686 g/mol. The fraction of sp³-hybridized carbons (Fsp3) is 0.484. The van der Waals surface area contributed by atoms with Gasteiger partial charge in [-0.3, -0.25) is 19.2 Å². The molecule has 0 saturated carbocycles. The maximum absolute atomic E-state index is 13.8. The molecule has 7 unspecified atom stereocenters. The van der Waals surface area contributed by atoms with E-state index in [9.17, 15) is 39.6 Å². The van der Waals surface area contributed by atoms with E-state index in [4.69, 9.17) is 25.7 Å². The minimum absolute atomic E-state index is 0. The normalized spacial score (nSPS) is 26.8. The number of nitrogens with one attached hydrogen (secondary N) is 1. The summed E-state index contributed by atoms with van der Waals surface area (Å²) in [6.45, 7) is 2.88. The predicted octanol–water partition coefficient (Wildman–Crippen LogP) is -6.13. The second-order valence-electron chi connectivity index (χ2n) is 11.8. The number of phenols is 2. The maximum Gasteiger partial charge on any atom is 1.00 e. The van der Waals surface area contributed by atoms with Crippen LogP contribution in [0.3, 0.4) is 0 Å². The number of phenolic OH excluding ortho intramolecular Hbond substituents is 2. The number of aliphatic hydroxyl groups is 2. The zero-order valence-electron chi connectivity index (χ0n) is 26.4. The number of carbonyl (C=O) groups excluding carboxylic acids is 4.